The second-order valence-corrected chi connectivity index (χ2v) is 5.49. The van der Waals surface area contributed by atoms with Gasteiger partial charge in [0.1, 0.15) is 19.9 Å². The number of rotatable bonds is 3. The lowest BCUT2D eigenvalue weighted by atomic mass is 9.77. The summed E-state index contributed by atoms with van der Waals surface area (Å²) in [6, 6.07) is 3.67. The van der Waals surface area contributed by atoms with Crippen LogP contribution in [0.2, 0.25) is 0 Å². The number of alkyl halides is 1. The Morgan fingerprint density at radius 1 is 1.16 bits per heavy atom. The zero-order valence-electron chi connectivity index (χ0n) is 11.1. The van der Waals surface area contributed by atoms with Crippen LogP contribution in [0.15, 0.2) is 12.1 Å². The van der Waals surface area contributed by atoms with Gasteiger partial charge in [0.15, 0.2) is 11.5 Å². The van der Waals surface area contributed by atoms with Crippen molar-refractivity contribution in [3.05, 3.63) is 23.3 Å². The molecule has 1 aromatic rings. The first kappa shape index (κ1) is 12.7. The highest BCUT2D eigenvalue weighted by atomic mass is 19.1. The Kier molecular flexibility index (Phi) is 3.35. The molecule has 3 nitrogen and oxygen atoms in total. The third-order valence-corrected chi connectivity index (χ3v) is 4.38. The zero-order chi connectivity index (χ0) is 13.3. The Labute approximate surface area is 112 Å². The number of nitrogens with two attached hydrogens (primary N) is 1. The topological polar surface area (TPSA) is 44.5 Å². The van der Waals surface area contributed by atoms with Crippen LogP contribution in [0.3, 0.4) is 0 Å². The van der Waals surface area contributed by atoms with Crippen LogP contribution >= 0.6 is 0 Å². The molecule has 1 aromatic carbocycles. The summed E-state index contributed by atoms with van der Waals surface area (Å²) >= 11 is 0. The van der Waals surface area contributed by atoms with Crippen LogP contribution in [0.1, 0.15) is 36.8 Å². The van der Waals surface area contributed by atoms with E-state index in [-0.39, 0.29) is 5.41 Å². The van der Waals surface area contributed by atoms with Crippen LogP contribution < -0.4 is 15.2 Å². The molecular weight excluding hydrogens is 245 g/mol. The molecule has 0 amide bonds. The van der Waals surface area contributed by atoms with E-state index in [1.165, 1.54) is 12.8 Å². The van der Waals surface area contributed by atoms with Gasteiger partial charge in [0.2, 0.25) is 0 Å². The first-order valence-electron chi connectivity index (χ1n) is 6.98. The molecule has 104 valence electrons. The fourth-order valence-electron chi connectivity index (χ4n) is 3.32. The lowest BCUT2D eigenvalue weighted by Gasteiger charge is -2.32. The lowest BCUT2D eigenvalue weighted by Crippen LogP contribution is -2.33. The summed E-state index contributed by atoms with van der Waals surface area (Å²) in [5.74, 6) is 1.46. The molecule has 0 spiro atoms. The molecule has 0 saturated heterocycles. The molecule has 1 saturated carbocycles. The second-order valence-electron chi connectivity index (χ2n) is 5.49. The molecule has 1 aliphatic heterocycles. The zero-order valence-corrected chi connectivity index (χ0v) is 11.1. The summed E-state index contributed by atoms with van der Waals surface area (Å²) in [6.45, 7) is 1.18. The molecule has 0 aromatic heterocycles. The molecule has 2 N–H and O–H groups in total. The van der Waals surface area contributed by atoms with E-state index in [9.17, 15) is 4.39 Å². The van der Waals surface area contributed by atoms with Gasteiger partial charge in [0.05, 0.1) is 0 Å². The van der Waals surface area contributed by atoms with Crippen LogP contribution in [-0.2, 0) is 12.1 Å². The monoisotopic (exact) mass is 265 g/mol. The van der Waals surface area contributed by atoms with Crippen LogP contribution in [0, 0.1) is 0 Å². The Hall–Kier alpha value is -1.29. The molecule has 19 heavy (non-hydrogen) atoms. The number of ether oxygens (including phenoxy) is 2. The number of halogens is 1. The van der Waals surface area contributed by atoms with Gasteiger partial charge >= 0.3 is 0 Å². The lowest BCUT2D eigenvalue weighted by molar-refractivity contribution is 0.166. The molecule has 2 aliphatic rings. The Balaban J connectivity index is 2.12. The second kappa shape index (κ2) is 5.00. The van der Waals surface area contributed by atoms with E-state index in [0.717, 1.165) is 24.2 Å². The van der Waals surface area contributed by atoms with Crippen molar-refractivity contribution in [3.63, 3.8) is 0 Å². The summed E-state index contributed by atoms with van der Waals surface area (Å²) in [5, 5.41) is 0. The summed E-state index contributed by atoms with van der Waals surface area (Å²) in [7, 11) is 0. The van der Waals surface area contributed by atoms with Crippen LogP contribution in [0.5, 0.6) is 11.5 Å². The van der Waals surface area contributed by atoms with Gasteiger partial charge in [-0.25, -0.2) is 4.39 Å². The fraction of sp³-hybridized carbons (Fsp3) is 0.600. The van der Waals surface area contributed by atoms with Crippen molar-refractivity contribution in [2.24, 2.45) is 5.73 Å². The van der Waals surface area contributed by atoms with Crippen molar-refractivity contribution in [2.45, 2.75) is 37.8 Å². The van der Waals surface area contributed by atoms with Gasteiger partial charge < -0.3 is 15.2 Å². The van der Waals surface area contributed by atoms with Gasteiger partial charge in [-0.3, -0.25) is 0 Å². The van der Waals surface area contributed by atoms with Crippen molar-refractivity contribution in [3.8, 4) is 11.5 Å². The van der Waals surface area contributed by atoms with E-state index in [1.807, 2.05) is 6.07 Å². The van der Waals surface area contributed by atoms with Crippen molar-refractivity contribution in [2.75, 3.05) is 19.8 Å². The van der Waals surface area contributed by atoms with Crippen LogP contribution in [-0.4, -0.2) is 19.8 Å². The van der Waals surface area contributed by atoms with Crippen LogP contribution in [0.25, 0.3) is 0 Å². The molecule has 3 rings (SSSR count). The largest absolute Gasteiger partial charge is 0.486 e. The van der Waals surface area contributed by atoms with E-state index in [4.69, 9.17) is 15.2 Å². The summed E-state index contributed by atoms with van der Waals surface area (Å²) in [6.07, 6.45) is 4.45. The summed E-state index contributed by atoms with van der Waals surface area (Å²) < 4.78 is 24.5. The molecule has 1 aliphatic carbocycles. The quantitative estimate of drug-likeness (QED) is 0.914. The minimum atomic E-state index is -0.482. The normalized spacial score (nSPS) is 20.5. The predicted octanol–water partition coefficient (Wildman–Crippen LogP) is 2.70. The van der Waals surface area contributed by atoms with Crippen LogP contribution in [0.4, 0.5) is 4.39 Å². The van der Waals surface area contributed by atoms with E-state index in [1.54, 1.807) is 6.07 Å². The van der Waals surface area contributed by atoms with Gasteiger partial charge in [-0.2, -0.15) is 0 Å². The van der Waals surface area contributed by atoms with Gasteiger partial charge in [0.25, 0.3) is 0 Å². The molecule has 1 fully saturated rings. The number of hydrogen-bond acceptors (Lipinski definition) is 3. The molecule has 0 atom stereocenters. The number of hydrogen-bond donors (Lipinski definition) is 1. The average Bonchev–Trinajstić information content (AvgIpc) is 2.96. The molecule has 0 bridgehead atoms. The van der Waals surface area contributed by atoms with Crippen molar-refractivity contribution < 1.29 is 13.9 Å². The van der Waals surface area contributed by atoms with Gasteiger partial charge in [0, 0.05) is 17.5 Å². The number of fused-ring (bicyclic) bond motifs is 1. The van der Waals surface area contributed by atoms with E-state index < -0.39 is 6.67 Å². The maximum absolute atomic E-state index is 13.1. The average molecular weight is 265 g/mol. The third kappa shape index (κ3) is 2.08. The van der Waals surface area contributed by atoms with Crippen molar-refractivity contribution in [1.29, 1.82) is 0 Å². The van der Waals surface area contributed by atoms with Gasteiger partial charge in [-0.15, -0.1) is 0 Å². The summed E-state index contributed by atoms with van der Waals surface area (Å²) in [5.41, 5.74) is 7.68. The number of benzene rings is 1. The Morgan fingerprint density at radius 3 is 2.58 bits per heavy atom. The van der Waals surface area contributed by atoms with Gasteiger partial charge in [-0.1, -0.05) is 12.8 Å². The SMILES string of the molecule is NCC1(c2cc(CF)cc3c2OCCO3)CCCC1. The standard InChI is InChI=1S/C15H20FNO2/c16-9-11-7-12(15(10-17)3-1-2-4-15)14-13(8-11)18-5-6-19-14/h7-8H,1-6,9-10,17H2. The Bertz CT molecular complexity index is 469. The summed E-state index contributed by atoms with van der Waals surface area (Å²) in [4.78, 5) is 0. The first-order chi connectivity index (χ1) is 9.29. The highest BCUT2D eigenvalue weighted by Gasteiger charge is 2.38. The van der Waals surface area contributed by atoms with E-state index in [0.29, 0.717) is 31.1 Å². The molecule has 1 heterocycles. The van der Waals surface area contributed by atoms with E-state index >= 15 is 0 Å². The highest BCUT2D eigenvalue weighted by molar-refractivity contribution is 5.54. The van der Waals surface area contributed by atoms with Crippen molar-refractivity contribution >= 4 is 0 Å². The minimum Gasteiger partial charge on any atom is -0.486 e. The molecule has 0 radical (unpaired) electrons. The molecular formula is C15H20FNO2. The minimum absolute atomic E-state index is 0.0596. The predicted molar refractivity (Wildman–Crippen MR) is 71.4 cm³/mol. The van der Waals surface area contributed by atoms with Crippen molar-refractivity contribution in [1.82, 2.24) is 0 Å². The van der Waals surface area contributed by atoms with E-state index in [2.05, 4.69) is 0 Å². The smallest absolute Gasteiger partial charge is 0.165 e. The fourth-order valence-corrected chi connectivity index (χ4v) is 3.32. The third-order valence-electron chi connectivity index (χ3n) is 4.38. The molecule has 0 unspecified atom stereocenters. The molecule has 4 heteroatoms. The first-order valence-corrected chi connectivity index (χ1v) is 6.98. The maximum atomic E-state index is 13.1. The highest BCUT2D eigenvalue weighted by Crippen LogP contribution is 2.48. The maximum Gasteiger partial charge on any atom is 0.165 e. The Morgan fingerprint density at radius 2 is 1.89 bits per heavy atom. The van der Waals surface area contributed by atoms with Gasteiger partial charge in [-0.05, 0) is 30.5 Å².